The Morgan fingerprint density at radius 3 is 2.53 bits per heavy atom. The summed E-state index contributed by atoms with van der Waals surface area (Å²) in [4.78, 5) is 55.4. The van der Waals surface area contributed by atoms with E-state index in [1.165, 1.54) is 4.57 Å². The molecule has 7 rings (SSSR count). The third kappa shape index (κ3) is 5.79. The molecular weight excluding hydrogens is 572 g/mol. The maximum Gasteiger partial charge on any atom is 0.329 e. The maximum absolute atomic E-state index is 13.7. The maximum atomic E-state index is 13.7. The van der Waals surface area contributed by atoms with E-state index in [0.29, 0.717) is 43.5 Å². The molecule has 4 aliphatic rings. The summed E-state index contributed by atoms with van der Waals surface area (Å²) in [5, 5.41) is 5.90. The summed E-state index contributed by atoms with van der Waals surface area (Å²) in [7, 11) is 1.73. The molecule has 11 nitrogen and oxygen atoms in total. The number of piperidine rings is 2. The van der Waals surface area contributed by atoms with Crippen LogP contribution in [0, 0.1) is 11.8 Å². The Morgan fingerprint density at radius 1 is 0.956 bits per heavy atom. The van der Waals surface area contributed by atoms with Gasteiger partial charge in [-0.25, -0.2) is 4.79 Å². The molecule has 4 aliphatic heterocycles. The van der Waals surface area contributed by atoms with E-state index in [9.17, 15) is 19.2 Å². The summed E-state index contributed by atoms with van der Waals surface area (Å²) in [6.45, 7) is 4.50. The number of nitrogens with one attached hydrogen (secondary N) is 2. The standard InChI is InChI=1S/C34H42N6O5/c1-37-28-20-25(7-8-26(28)40(34(37)44)27-9-10-30(41)36-32(27)42)38-15-12-22(13-16-38)19-24-11-14-35-31(24)33(43)39-17-18-45-29(21-39)23-5-3-2-4-6-23/h2-8,20,22,24,27,29,31,35H,9-19,21H2,1H3,(H,36,41,42)/t24-,27?,29-,31-/m0/s1. The average molecular weight is 615 g/mol. The smallest absolute Gasteiger partial charge is 0.329 e. The van der Waals surface area contributed by atoms with Crippen LogP contribution >= 0.6 is 0 Å². The van der Waals surface area contributed by atoms with Crippen LogP contribution in [-0.2, 0) is 26.2 Å². The monoisotopic (exact) mass is 614 g/mol. The van der Waals surface area contributed by atoms with Crippen LogP contribution in [0.25, 0.3) is 11.0 Å². The van der Waals surface area contributed by atoms with Crippen molar-refractivity contribution >= 4 is 34.4 Å². The van der Waals surface area contributed by atoms with Crippen molar-refractivity contribution in [1.29, 1.82) is 0 Å². The highest BCUT2D eigenvalue weighted by molar-refractivity contribution is 6.00. The molecule has 4 fully saturated rings. The highest BCUT2D eigenvalue weighted by atomic mass is 16.5. The third-order valence-corrected chi connectivity index (χ3v) is 10.4. The van der Waals surface area contributed by atoms with Gasteiger partial charge in [0, 0.05) is 38.8 Å². The number of carbonyl (C=O) groups excluding carboxylic acids is 3. The lowest BCUT2D eigenvalue weighted by atomic mass is 9.83. The van der Waals surface area contributed by atoms with Gasteiger partial charge in [-0.3, -0.25) is 28.8 Å². The van der Waals surface area contributed by atoms with E-state index >= 15 is 0 Å². The van der Waals surface area contributed by atoms with Gasteiger partial charge in [-0.2, -0.15) is 0 Å². The molecule has 238 valence electrons. The Labute approximate surface area is 262 Å². The van der Waals surface area contributed by atoms with E-state index in [1.54, 1.807) is 11.6 Å². The number of hydrogen-bond donors (Lipinski definition) is 2. The normalized spacial score (nSPS) is 26.4. The van der Waals surface area contributed by atoms with Gasteiger partial charge in [0.2, 0.25) is 17.7 Å². The zero-order valence-corrected chi connectivity index (χ0v) is 25.8. The number of amides is 3. The van der Waals surface area contributed by atoms with E-state index in [0.717, 1.165) is 62.1 Å². The molecule has 3 amide bonds. The minimum absolute atomic E-state index is 0.0780. The number of imidazole rings is 1. The Balaban J connectivity index is 0.975. The average Bonchev–Trinajstić information content (AvgIpc) is 3.63. The molecular formula is C34H42N6O5. The van der Waals surface area contributed by atoms with Crippen LogP contribution < -0.4 is 21.2 Å². The van der Waals surface area contributed by atoms with Crippen LogP contribution in [0.3, 0.4) is 0 Å². The Hall–Kier alpha value is -3.96. The van der Waals surface area contributed by atoms with Crippen molar-refractivity contribution in [1.82, 2.24) is 24.7 Å². The van der Waals surface area contributed by atoms with Gasteiger partial charge in [-0.15, -0.1) is 0 Å². The number of morpholine rings is 1. The predicted molar refractivity (Wildman–Crippen MR) is 170 cm³/mol. The Kier molecular flexibility index (Phi) is 8.22. The van der Waals surface area contributed by atoms with Gasteiger partial charge in [0.05, 0.1) is 30.2 Å². The summed E-state index contributed by atoms with van der Waals surface area (Å²) in [5.41, 5.74) is 3.41. The van der Waals surface area contributed by atoms with E-state index in [2.05, 4.69) is 27.7 Å². The molecule has 45 heavy (non-hydrogen) atoms. The van der Waals surface area contributed by atoms with Crippen LogP contribution in [0.5, 0.6) is 0 Å². The number of ether oxygens (including phenoxy) is 1. The molecule has 1 unspecified atom stereocenters. The number of benzene rings is 2. The van der Waals surface area contributed by atoms with Crippen molar-refractivity contribution in [3.05, 3.63) is 64.6 Å². The second-order valence-electron chi connectivity index (χ2n) is 13.1. The minimum atomic E-state index is -0.685. The van der Waals surface area contributed by atoms with Crippen LogP contribution in [0.2, 0.25) is 0 Å². The quantitative estimate of drug-likeness (QED) is 0.410. The third-order valence-electron chi connectivity index (χ3n) is 10.4. The summed E-state index contributed by atoms with van der Waals surface area (Å²) in [5.74, 6) is 0.391. The number of fused-ring (bicyclic) bond motifs is 1. The number of nitrogens with zero attached hydrogens (tertiary/aromatic N) is 4. The van der Waals surface area contributed by atoms with Gasteiger partial charge in [0.15, 0.2) is 0 Å². The van der Waals surface area contributed by atoms with Crippen molar-refractivity contribution in [3.63, 3.8) is 0 Å². The molecule has 5 heterocycles. The van der Waals surface area contributed by atoms with E-state index < -0.39 is 11.9 Å². The minimum Gasteiger partial charge on any atom is -0.371 e. The zero-order valence-electron chi connectivity index (χ0n) is 25.8. The second-order valence-corrected chi connectivity index (χ2v) is 13.1. The van der Waals surface area contributed by atoms with Gasteiger partial charge in [-0.05, 0) is 74.2 Å². The van der Waals surface area contributed by atoms with Crippen molar-refractivity contribution in [2.45, 2.75) is 56.7 Å². The summed E-state index contributed by atoms with van der Waals surface area (Å²) in [6.07, 6.45) is 4.65. The molecule has 3 aromatic rings. The van der Waals surface area contributed by atoms with Crippen molar-refractivity contribution in [3.8, 4) is 0 Å². The molecule has 0 aliphatic carbocycles. The topological polar surface area (TPSA) is 118 Å². The summed E-state index contributed by atoms with van der Waals surface area (Å²) >= 11 is 0. The molecule has 2 N–H and O–H groups in total. The SMILES string of the molecule is Cn1c(=O)n(C2CCC(=O)NC2=O)c2ccc(N3CCC(C[C@@H]4CCN[C@@H]4C(=O)N4CCO[C@H](c5ccccc5)C4)CC3)cc21. The molecule has 0 radical (unpaired) electrons. The van der Waals surface area contributed by atoms with Gasteiger partial charge >= 0.3 is 5.69 Å². The fraction of sp³-hybridized carbons (Fsp3) is 0.529. The van der Waals surface area contributed by atoms with Crippen LogP contribution in [0.1, 0.15) is 56.2 Å². The molecule has 2 aromatic carbocycles. The van der Waals surface area contributed by atoms with Gasteiger partial charge in [0.1, 0.15) is 12.1 Å². The molecule has 1 aromatic heterocycles. The van der Waals surface area contributed by atoms with Crippen molar-refractivity contribution in [2.75, 3.05) is 44.2 Å². The first-order chi connectivity index (χ1) is 21.9. The Bertz CT molecular complexity index is 1640. The van der Waals surface area contributed by atoms with E-state index in [4.69, 9.17) is 4.74 Å². The van der Waals surface area contributed by atoms with E-state index in [1.807, 2.05) is 41.3 Å². The molecule has 11 heteroatoms. The van der Waals surface area contributed by atoms with Gasteiger partial charge < -0.3 is 19.9 Å². The highest BCUT2D eigenvalue weighted by Crippen LogP contribution is 2.34. The number of aromatic nitrogens is 2. The Morgan fingerprint density at radius 2 is 1.76 bits per heavy atom. The van der Waals surface area contributed by atoms with Gasteiger partial charge in [0.25, 0.3) is 0 Å². The van der Waals surface area contributed by atoms with Crippen LogP contribution in [0.15, 0.2) is 53.3 Å². The molecule has 0 bridgehead atoms. The first-order valence-corrected chi connectivity index (χ1v) is 16.4. The number of hydrogen-bond acceptors (Lipinski definition) is 7. The fourth-order valence-corrected chi connectivity index (χ4v) is 7.85. The molecule has 4 saturated heterocycles. The number of aryl methyl sites for hydroxylation is 1. The second kappa shape index (κ2) is 12.4. The van der Waals surface area contributed by atoms with Crippen molar-refractivity contribution in [2.24, 2.45) is 18.9 Å². The van der Waals surface area contributed by atoms with E-state index in [-0.39, 0.29) is 36.1 Å². The van der Waals surface area contributed by atoms with Crippen LogP contribution in [-0.4, -0.2) is 77.1 Å². The highest BCUT2D eigenvalue weighted by Gasteiger charge is 2.39. The fourth-order valence-electron chi connectivity index (χ4n) is 7.85. The number of rotatable bonds is 6. The van der Waals surface area contributed by atoms with Gasteiger partial charge in [-0.1, -0.05) is 30.3 Å². The summed E-state index contributed by atoms with van der Waals surface area (Å²) < 4.78 is 9.13. The molecule has 0 spiro atoms. The lowest BCUT2D eigenvalue weighted by Gasteiger charge is -2.37. The largest absolute Gasteiger partial charge is 0.371 e. The lowest BCUT2D eigenvalue weighted by molar-refractivity contribution is -0.142. The lowest BCUT2D eigenvalue weighted by Crippen LogP contribution is -2.51. The first kappa shape index (κ1) is 29.7. The predicted octanol–water partition coefficient (Wildman–Crippen LogP) is 2.50. The number of imide groups is 1. The number of anilines is 1. The summed E-state index contributed by atoms with van der Waals surface area (Å²) in [6, 6.07) is 15.3. The number of carbonyl (C=O) groups is 3. The molecule has 0 saturated carbocycles. The van der Waals surface area contributed by atoms with Crippen molar-refractivity contribution < 1.29 is 19.1 Å². The zero-order chi connectivity index (χ0) is 31.1. The molecule has 4 atom stereocenters. The van der Waals surface area contributed by atoms with Crippen LogP contribution in [0.4, 0.5) is 5.69 Å². The first-order valence-electron chi connectivity index (χ1n) is 16.4.